The fourth-order valence-electron chi connectivity index (χ4n) is 3.51. The Bertz CT molecular complexity index is 1110. The number of rotatable bonds is 5. The molecule has 0 aliphatic carbocycles. The molecule has 0 spiro atoms. The van der Waals surface area contributed by atoms with Crippen molar-refractivity contribution in [1.29, 1.82) is 0 Å². The number of aromatic nitrogens is 2. The van der Waals surface area contributed by atoms with Crippen LogP contribution < -0.4 is 5.32 Å². The van der Waals surface area contributed by atoms with E-state index in [4.69, 9.17) is 0 Å². The normalized spacial score (nSPS) is 10.7. The van der Waals surface area contributed by atoms with Gasteiger partial charge in [0, 0.05) is 28.9 Å². The number of amides is 1. The first-order chi connectivity index (χ1) is 14.1. The second-order valence-electron chi connectivity index (χ2n) is 6.99. The fourth-order valence-corrected chi connectivity index (χ4v) is 4.21. The Balaban J connectivity index is 1.55. The van der Waals surface area contributed by atoms with Crippen molar-refractivity contribution >= 4 is 22.4 Å². The van der Waals surface area contributed by atoms with Crippen molar-refractivity contribution in [2.45, 2.75) is 20.3 Å². The van der Waals surface area contributed by atoms with Crippen LogP contribution in [0.15, 0.2) is 72.4 Å². The van der Waals surface area contributed by atoms with E-state index in [2.05, 4.69) is 65.5 Å². The van der Waals surface area contributed by atoms with Gasteiger partial charge in [-0.1, -0.05) is 42.5 Å². The van der Waals surface area contributed by atoms with Gasteiger partial charge in [-0.3, -0.25) is 15.1 Å². The topological polar surface area (TPSA) is 54.9 Å². The first-order valence-electron chi connectivity index (χ1n) is 9.41. The minimum absolute atomic E-state index is 0.181. The number of nitrogens with zero attached hydrogens (tertiary/aromatic N) is 2. The second-order valence-corrected chi connectivity index (χ2v) is 7.85. The van der Waals surface area contributed by atoms with Crippen LogP contribution in [-0.4, -0.2) is 15.9 Å². The molecule has 144 valence electrons. The molecule has 4 rings (SSSR count). The SMILES string of the molecule is Cc1cc(Cc2ccccc2)cc(C)c1-c1csc(NC(=O)c2ccncc2)n1. The van der Waals surface area contributed by atoms with Crippen LogP contribution in [-0.2, 0) is 6.42 Å². The Morgan fingerprint density at radius 3 is 2.34 bits per heavy atom. The number of anilines is 1. The Morgan fingerprint density at radius 1 is 0.966 bits per heavy atom. The van der Waals surface area contributed by atoms with E-state index in [1.807, 2.05) is 11.4 Å². The highest BCUT2D eigenvalue weighted by Crippen LogP contribution is 2.31. The van der Waals surface area contributed by atoms with Crippen molar-refractivity contribution in [3.8, 4) is 11.3 Å². The third-order valence-electron chi connectivity index (χ3n) is 4.77. The Kier molecular flexibility index (Phi) is 5.49. The Hall–Kier alpha value is -3.31. The summed E-state index contributed by atoms with van der Waals surface area (Å²) < 4.78 is 0. The molecular formula is C24H21N3OS. The van der Waals surface area contributed by atoms with Gasteiger partial charge in [-0.2, -0.15) is 0 Å². The number of aryl methyl sites for hydroxylation is 2. The van der Waals surface area contributed by atoms with Gasteiger partial charge in [0.2, 0.25) is 0 Å². The average Bonchev–Trinajstić information content (AvgIpc) is 3.17. The minimum Gasteiger partial charge on any atom is -0.298 e. The summed E-state index contributed by atoms with van der Waals surface area (Å²) in [4.78, 5) is 20.9. The summed E-state index contributed by atoms with van der Waals surface area (Å²) in [5.74, 6) is -0.181. The van der Waals surface area contributed by atoms with E-state index in [1.165, 1.54) is 33.6 Å². The van der Waals surface area contributed by atoms with E-state index in [0.717, 1.165) is 17.7 Å². The number of hydrogen-bond acceptors (Lipinski definition) is 4. The molecule has 0 atom stereocenters. The highest BCUT2D eigenvalue weighted by molar-refractivity contribution is 7.14. The molecule has 0 saturated heterocycles. The highest BCUT2D eigenvalue weighted by Gasteiger charge is 2.14. The van der Waals surface area contributed by atoms with E-state index >= 15 is 0 Å². The molecule has 29 heavy (non-hydrogen) atoms. The molecule has 0 saturated carbocycles. The molecule has 0 aliphatic rings. The van der Waals surface area contributed by atoms with Crippen LogP contribution in [0.5, 0.6) is 0 Å². The monoisotopic (exact) mass is 399 g/mol. The summed E-state index contributed by atoms with van der Waals surface area (Å²) in [6.07, 6.45) is 4.12. The van der Waals surface area contributed by atoms with Crippen molar-refractivity contribution in [1.82, 2.24) is 9.97 Å². The predicted molar refractivity (Wildman–Crippen MR) is 118 cm³/mol. The zero-order chi connectivity index (χ0) is 20.2. The van der Waals surface area contributed by atoms with Gasteiger partial charge in [-0.25, -0.2) is 4.98 Å². The Morgan fingerprint density at radius 2 is 1.66 bits per heavy atom. The number of thiazole rings is 1. The molecule has 0 aliphatic heterocycles. The number of benzene rings is 2. The maximum atomic E-state index is 12.3. The Labute approximate surface area is 174 Å². The van der Waals surface area contributed by atoms with Crippen LogP contribution in [0.25, 0.3) is 11.3 Å². The molecule has 1 amide bonds. The number of hydrogen-bond donors (Lipinski definition) is 1. The standard InChI is InChI=1S/C24H21N3OS/c1-16-12-19(14-18-6-4-3-5-7-18)13-17(2)22(16)21-15-29-24(26-21)27-23(28)20-8-10-25-11-9-20/h3-13,15H,14H2,1-2H3,(H,26,27,28). The van der Waals surface area contributed by atoms with Gasteiger partial charge in [-0.05, 0) is 54.7 Å². The fraction of sp³-hybridized carbons (Fsp3) is 0.125. The molecule has 4 aromatic rings. The van der Waals surface area contributed by atoms with E-state index in [-0.39, 0.29) is 5.91 Å². The molecule has 2 aromatic heterocycles. The van der Waals surface area contributed by atoms with Crippen LogP contribution in [0, 0.1) is 13.8 Å². The lowest BCUT2D eigenvalue weighted by Crippen LogP contribution is -2.11. The summed E-state index contributed by atoms with van der Waals surface area (Å²) in [6.45, 7) is 4.23. The maximum absolute atomic E-state index is 12.3. The first-order valence-corrected chi connectivity index (χ1v) is 10.3. The lowest BCUT2D eigenvalue weighted by atomic mass is 9.94. The van der Waals surface area contributed by atoms with Gasteiger partial charge in [-0.15, -0.1) is 11.3 Å². The van der Waals surface area contributed by atoms with Crippen LogP contribution >= 0.6 is 11.3 Å². The zero-order valence-corrected chi connectivity index (χ0v) is 17.2. The van der Waals surface area contributed by atoms with Crippen LogP contribution in [0.1, 0.15) is 32.6 Å². The second kappa shape index (κ2) is 8.37. The molecule has 4 nitrogen and oxygen atoms in total. The summed E-state index contributed by atoms with van der Waals surface area (Å²) in [7, 11) is 0. The van der Waals surface area contributed by atoms with Crippen LogP contribution in [0.3, 0.4) is 0 Å². The summed E-state index contributed by atoms with van der Waals surface area (Å²) in [5, 5.41) is 5.46. The summed E-state index contributed by atoms with van der Waals surface area (Å²) in [5.41, 5.74) is 7.55. The first kappa shape index (κ1) is 19.0. The van der Waals surface area contributed by atoms with Gasteiger partial charge >= 0.3 is 0 Å². The maximum Gasteiger partial charge on any atom is 0.257 e. The van der Waals surface area contributed by atoms with E-state index < -0.39 is 0 Å². The molecule has 0 radical (unpaired) electrons. The van der Waals surface area contributed by atoms with Gasteiger partial charge < -0.3 is 0 Å². The van der Waals surface area contributed by atoms with Crippen LogP contribution in [0.2, 0.25) is 0 Å². The molecule has 1 N–H and O–H groups in total. The molecule has 0 bridgehead atoms. The van der Waals surface area contributed by atoms with Gasteiger partial charge in [0.25, 0.3) is 5.91 Å². The third kappa shape index (κ3) is 4.41. The van der Waals surface area contributed by atoms with Crippen LogP contribution in [0.4, 0.5) is 5.13 Å². The van der Waals surface area contributed by atoms with Crippen molar-refractivity contribution < 1.29 is 4.79 Å². The van der Waals surface area contributed by atoms with E-state index in [0.29, 0.717) is 10.7 Å². The number of nitrogens with one attached hydrogen (secondary N) is 1. The van der Waals surface area contributed by atoms with E-state index in [1.54, 1.807) is 24.5 Å². The number of pyridine rings is 1. The molecular weight excluding hydrogens is 378 g/mol. The van der Waals surface area contributed by atoms with Crippen molar-refractivity contribution in [3.63, 3.8) is 0 Å². The third-order valence-corrected chi connectivity index (χ3v) is 5.52. The van der Waals surface area contributed by atoms with E-state index in [9.17, 15) is 4.79 Å². The van der Waals surface area contributed by atoms with Crippen molar-refractivity contribution in [2.75, 3.05) is 5.32 Å². The molecule has 5 heteroatoms. The van der Waals surface area contributed by atoms with Crippen molar-refractivity contribution in [2.24, 2.45) is 0 Å². The number of carbonyl (C=O) groups excluding carboxylic acids is 1. The quantitative estimate of drug-likeness (QED) is 0.471. The summed E-state index contributed by atoms with van der Waals surface area (Å²) >= 11 is 1.43. The van der Waals surface area contributed by atoms with Gasteiger partial charge in [0.05, 0.1) is 5.69 Å². The molecule has 0 fully saturated rings. The molecule has 2 heterocycles. The van der Waals surface area contributed by atoms with Crippen molar-refractivity contribution in [3.05, 3.63) is 100 Å². The lowest BCUT2D eigenvalue weighted by Gasteiger charge is -2.11. The molecule has 0 unspecified atom stereocenters. The summed E-state index contributed by atoms with van der Waals surface area (Å²) in [6, 6.07) is 18.3. The minimum atomic E-state index is -0.181. The zero-order valence-electron chi connectivity index (χ0n) is 16.3. The predicted octanol–water partition coefficient (Wildman–Crippen LogP) is 5.67. The number of carbonyl (C=O) groups is 1. The van der Waals surface area contributed by atoms with Gasteiger partial charge in [0.1, 0.15) is 0 Å². The lowest BCUT2D eigenvalue weighted by molar-refractivity contribution is 0.102. The smallest absolute Gasteiger partial charge is 0.257 e. The van der Waals surface area contributed by atoms with Gasteiger partial charge in [0.15, 0.2) is 5.13 Å². The largest absolute Gasteiger partial charge is 0.298 e. The molecule has 2 aromatic carbocycles. The average molecular weight is 400 g/mol. The highest BCUT2D eigenvalue weighted by atomic mass is 32.1.